The van der Waals surface area contributed by atoms with Crippen molar-refractivity contribution in [1.29, 1.82) is 0 Å². The summed E-state index contributed by atoms with van der Waals surface area (Å²) in [7, 11) is 1.57. The number of carbonyl (C=O) groups is 2. The maximum Gasteiger partial charge on any atom is 0.310 e. The predicted octanol–water partition coefficient (Wildman–Crippen LogP) is 3.81. The second-order valence-electron chi connectivity index (χ2n) is 5.84. The molecule has 3 aromatic rings. The highest BCUT2D eigenvalue weighted by Gasteiger charge is 2.14. The fourth-order valence-corrected chi connectivity index (χ4v) is 2.67. The highest BCUT2D eigenvalue weighted by molar-refractivity contribution is 5.98. The minimum Gasteiger partial charge on any atom is -0.497 e. The minimum absolute atomic E-state index is 0.0237. The van der Waals surface area contributed by atoms with Gasteiger partial charge in [0.2, 0.25) is 0 Å². The molecule has 1 aromatic heterocycles. The number of Topliss-reactive ketones (excluding diaryl/α,β-unsaturated/α-hetero) is 1. The molecule has 1 heterocycles. The number of esters is 1. The molecule has 6 heteroatoms. The van der Waals surface area contributed by atoms with Gasteiger partial charge < -0.3 is 18.6 Å². The van der Waals surface area contributed by atoms with E-state index in [1.807, 2.05) is 13.0 Å². The van der Waals surface area contributed by atoms with Crippen LogP contribution in [0.1, 0.15) is 22.8 Å². The lowest BCUT2D eigenvalue weighted by atomic mass is 10.1. The van der Waals surface area contributed by atoms with Crippen molar-refractivity contribution in [3.05, 3.63) is 59.9 Å². The molecule has 0 saturated heterocycles. The van der Waals surface area contributed by atoms with Crippen LogP contribution >= 0.6 is 0 Å². The number of fused-ring (bicyclic) bond motifs is 1. The number of furan rings is 1. The molecule has 2 aromatic carbocycles. The van der Waals surface area contributed by atoms with E-state index in [0.717, 1.165) is 5.39 Å². The maximum atomic E-state index is 12.2. The smallest absolute Gasteiger partial charge is 0.310 e. The summed E-state index contributed by atoms with van der Waals surface area (Å²) in [6.07, 6.45) is 1.54. The molecule has 0 aliphatic carbocycles. The van der Waals surface area contributed by atoms with E-state index in [4.69, 9.17) is 18.6 Å². The van der Waals surface area contributed by atoms with Crippen molar-refractivity contribution in [2.24, 2.45) is 0 Å². The quantitative estimate of drug-likeness (QED) is 0.445. The zero-order valence-corrected chi connectivity index (χ0v) is 15.2. The van der Waals surface area contributed by atoms with Crippen LogP contribution in [0.25, 0.3) is 11.0 Å². The van der Waals surface area contributed by atoms with Gasteiger partial charge in [-0.05, 0) is 43.3 Å². The Labute approximate surface area is 156 Å². The van der Waals surface area contributed by atoms with E-state index in [-0.39, 0.29) is 18.8 Å². The SMILES string of the molecule is CCOc1ccc(C(=O)COC(=O)Cc2coc3cc(OC)ccc23)cc1. The molecular formula is C21H20O6. The molecule has 0 fully saturated rings. The van der Waals surface area contributed by atoms with Crippen molar-refractivity contribution in [2.45, 2.75) is 13.3 Å². The van der Waals surface area contributed by atoms with Crippen molar-refractivity contribution < 1.29 is 28.2 Å². The summed E-state index contributed by atoms with van der Waals surface area (Å²) in [5, 5.41) is 0.811. The van der Waals surface area contributed by atoms with E-state index in [1.54, 1.807) is 43.5 Å². The van der Waals surface area contributed by atoms with Crippen LogP contribution in [0.15, 0.2) is 53.1 Å². The standard InChI is InChI=1S/C21H20O6/c1-3-25-16-6-4-14(5-7-16)19(22)13-27-21(23)10-15-12-26-20-11-17(24-2)8-9-18(15)20/h4-9,11-12H,3,10,13H2,1-2H3. The third-order valence-corrected chi connectivity index (χ3v) is 4.05. The van der Waals surface area contributed by atoms with Crippen LogP contribution in [0.5, 0.6) is 11.5 Å². The summed E-state index contributed by atoms with van der Waals surface area (Å²) in [5.41, 5.74) is 1.79. The molecule has 0 aliphatic rings. The van der Waals surface area contributed by atoms with Gasteiger partial charge in [0.05, 0.1) is 26.4 Å². The van der Waals surface area contributed by atoms with E-state index < -0.39 is 5.97 Å². The number of ketones is 1. The first-order valence-electron chi connectivity index (χ1n) is 8.56. The second-order valence-corrected chi connectivity index (χ2v) is 5.84. The van der Waals surface area contributed by atoms with Gasteiger partial charge in [0.15, 0.2) is 12.4 Å². The van der Waals surface area contributed by atoms with Gasteiger partial charge in [-0.15, -0.1) is 0 Å². The zero-order chi connectivity index (χ0) is 19.2. The summed E-state index contributed by atoms with van der Waals surface area (Å²) in [6, 6.07) is 12.1. The third kappa shape index (κ3) is 4.47. The van der Waals surface area contributed by atoms with Gasteiger partial charge in [-0.3, -0.25) is 9.59 Å². The van der Waals surface area contributed by atoms with Gasteiger partial charge in [0.25, 0.3) is 0 Å². The van der Waals surface area contributed by atoms with Crippen LogP contribution in [0.3, 0.4) is 0 Å². The normalized spacial score (nSPS) is 10.6. The summed E-state index contributed by atoms with van der Waals surface area (Å²) < 4.78 is 21.0. The summed E-state index contributed by atoms with van der Waals surface area (Å²) in [4.78, 5) is 24.2. The lowest BCUT2D eigenvalue weighted by Crippen LogP contribution is -2.15. The van der Waals surface area contributed by atoms with Crippen LogP contribution in [-0.4, -0.2) is 32.1 Å². The van der Waals surface area contributed by atoms with Crippen LogP contribution in [0.2, 0.25) is 0 Å². The Kier molecular flexibility index (Phi) is 5.76. The van der Waals surface area contributed by atoms with Crippen molar-refractivity contribution in [3.8, 4) is 11.5 Å². The van der Waals surface area contributed by atoms with Crippen LogP contribution in [-0.2, 0) is 16.0 Å². The zero-order valence-electron chi connectivity index (χ0n) is 15.2. The number of hydrogen-bond donors (Lipinski definition) is 0. The number of hydrogen-bond acceptors (Lipinski definition) is 6. The Balaban J connectivity index is 1.57. The van der Waals surface area contributed by atoms with Gasteiger partial charge in [-0.2, -0.15) is 0 Å². The Morgan fingerprint density at radius 1 is 1.04 bits per heavy atom. The highest BCUT2D eigenvalue weighted by Crippen LogP contribution is 2.26. The molecule has 0 radical (unpaired) electrons. The fraction of sp³-hybridized carbons (Fsp3) is 0.238. The van der Waals surface area contributed by atoms with Crippen LogP contribution < -0.4 is 9.47 Å². The molecule has 0 spiro atoms. The van der Waals surface area contributed by atoms with Gasteiger partial charge in [0, 0.05) is 22.6 Å². The first-order valence-corrected chi connectivity index (χ1v) is 8.56. The first kappa shape index (κ1) is 18.5. The van der Waals surface area contributed by atoms with E-state index in [2.05, 4.69) is 0 Å². The lowest BCUT2D eigenvalue weighted by molar-refractivity contribution is -0.141. The van der Waals surface area contributed by atoms with Crippen molar-refractivity contribution in [3.63, 3.8) is 0 Å². The molecule has 27 heavy (non-hydrogen) atoms. The fourth-order valence-electron chi connectivity index (χ4n) is 2.67. The van der Waals surface area contributed by atoms with Gasteiger partial charge in [-0.1, -0.05) is 0 Å². The third-order valence-electron chi connectivity index (χ3n) is 4.05. The highest BCUT2D eigenvalue weighted by atomic mass is 16.5. The van der Waals surface area contributed by atoms with E-state index >= 15 is 0 Å². The van der Waals surface area contributed by atoms with Gasteiger partial charge >= 0.3 is 5.97 Å². The van der Waals surface area contributed by atoms with E-state index in [1.165, 1.54) is 6.26 Å². The molecule has 0 amide bonds. The predicted molar refractivity (Wildman–Crippen MR) is 99.4 cm³/mol. The molecule has 0 saturated carbocycles. The molecule has 0 atom stereocenters. The lowest BCUT2D eigenvalue weighted by Gasteiger charge is -2.06. The average molecular weight is 368 g/mol. The number of rotatable bonds is 8. The second kappa shape index (κ2) is 8.40. The maximum absolute atomic E-state index is 12.2. The average Bonchev–Trinajstić information content (AvgIpc) is 3.08. The van der Waals surface area contributed by atoms with E-state index in [9.17, 15) is 9.59 Å². The van der Waals surface area contributed by atoms with Crippen LogP contribution in [0.4, 0.5) is 0 Å². The monoisotopic (exact) mass is 368 g/mol. The largest absolute Gasteiger partial charge is 0.497 e. The molecule has 0 N–H and O–H groups in total. The first-order chi connectivity index (χ1) is 13.1. The van der Waals surface area contributed by atoms with Gasteiger partial charge in [0.1, 0.15) is 17.1 Å². The molecular weight excluding hydrogens is 348 g/mol. The van der Waals surface area contributed by atoms with Crippen molar-refractivity contribution >= 4 is 22.7 Å². The van der Waals surface area contributed by atoms with Crippen molar-refractivity contribution in [1.82, 2.24) is 0 Å². The van der Waals surface area contributed by atoms with Crippen molar-refractivity contribution in [2.75, 3.05) is 20.3 Å². The molecule has 3 rings (SSSR count). The minimum atomic E-state index is -0.493. The Morgan fingerprint density at radius 2 is 1.78 bits per heavy atom. The Morgan fingerprint density at radius 3 is 2.48 bits per heavy atom. The Bertz CT molecular complexity index is 939. The van der Waals surface area contributed by atoms with Gasteiger partial charge in [-0.25, -0.2) is 0 Å². The topological polar surface area (TPSA) is 75.0 Å². The summed E-state index contributed by atoms with van der Waals surface area (Å²) in [5.74, 6) is 0.599. The molecule has 6 nitrogen and oxygen atoms in total. The molecule has 0 bridgehead atoms. The molecule has 0 unspecified atom stereocenters. The summed E-state index contributed by atoms with van der Waals surface area (Å²) >= 11 is 0. The number of methoxy groups -OCH3 is 1. The molecule has 0 aliphatic heterocycles. The van der Waals surface area contributed by atoms with E-state index in [0.29, 0.717) is 34.8 Å². The summed E-state index contributed by atoms with van der Waals surface area (Å²) in [6.45, 7) is 2.13. The molecule has 140 valence electrons. The van der Waals surface area contributed by atoms with Crippen LogP contribution in [0, 0.1) is 0 Å². The number of carbonyl (C=O) groups excluding carboxylic acids is 2. The number of benzene rings is 2. The number of ether oxygens (including phenoxy) is 3. The Hall–Kier alpha value is -3.28.